The van der Waals surface area contributed by atoms with Crippen LogP contribution in [-0.2, 0) is 27.4 Å². The normalized spacial score (nSPS) is 23.8. The van der Waals surface area contributed by atoms with Gasteiger partial charge in [-0.3, -0.25) is 4.79 Å². The molecule has 1 aliphatic heterocycles. The molecule has 1 heterocycles. The maximum absolute atomic E-state index is 13.3. The van der Waals surface area contributed by atoms with E-state index in [0.717, 1.165) is 5.56 Å². The summed E-state index contributed by atoms with van der Waals surface area (Å²) < 4.78 is 85.7. The molecule has 198 valence electrons. The summed E-state index contributed by atoms with van der Waals surface area (Å²) in [6.45, 7) is 1.61. The van der Waals surface area contributed by atoms with Crippen molar-refractivity contribution in [2.75, 3.05) is 27.2 Å². The zero-order chi connectivity index (χ0) is 26.8. The summed E-state index contributed by atoms with van der Waals surface area (Å²) in [4.78, 5) is 12.5. The van der Waals surface area contributed by atoms with Gasteiger partial charge in [0, 0.05) is 13.6 Å². The highest BCUT2D eigenvalue weighted by molar-refractivity contribution is 5.86. The summed E-state index contributed by atoms with van der Waals surface area (Å²) in [6, 6.07) is 10.7. The van der Waals surface area contributed by atoms with Crippen molar-refractivity contribution in [2.24, 2.45) is 0 Å². The Balaban J connectivity index is 1.89. The first-order chi connectivity index (χ1) is 16.8. The van der Waals surface area contributed by atoms with Crippen LogP contribution in [0.4, 0.5) is 26.3 Å². The fraction of sp³-hybridized carbons (Fsp3) is 0.480. The summed E-state index contributed by atoms with van der Waals surface area (Å²) in [5.41, 5.74) is -3.86. The Morgan fingerprint density at radius 1 is 1.00 bits per heavy atom. The van der Waals surface area contributed by atoms with Crippen LogP contribution in [0.25, 0.3) is 0 Å². The van der Waals surface area contributed by atoms with Crippen LogP contribution in [0.1, 0.15) is 48.1 Å². The lowest BCUT2D eigenvalue weighted by Gasteiger charge is -2.46. The lowest BCUT2D eigenvalue weighted by molar-refractivity contribution is -0.143. The highest BCUT2D eigenvalue weighted by Crippen LogP contribution is 2.39. The zero-order valence-electron chi connectivity index (χ0n) is 20.1. The van der Waals surface area contributed by atoms with Crippen molar-refractivity contribution >= 4 is 5.91 Å². The van der Waals surface area contributed by atoms with Crippen LogP contribution in [0.2, 0.25) is 0 Å². The fourth-order valence-corrected chi connectivity index (χ4v) is 4.47. The second-order valence-electron chi connectivity index (χ2n) is 9.01. The Bertz CT molecular complexity index is 1020. The number of benzene rings is 2. The predicted octanol–water partition coefficient (Wildman–Crippen LogP) is 4.78. The second kappa shape index (κ2) is 10.4. The van der Waals surface area contributed by atoms with E-state index in [1.54, 1.807) is 7.05 Å². The van der Waals surface area contributed by atoms with Gasteiger partial charge in [-0.15, -0.1) is 0 Å². The number of nitrogens with one attached hydrogen (secondary N) is 3. The van der Waals surface area contributed by atoms with Crippen LogP contribution in [0, 0.1) is 0 Å². The SMILES string of the molecule is CNC(=O)C1(NC)CC[C@@](CO[C@H](C)c2cc(C(F)(F)F)cc(C(F)(F)F)c2)(c2ccccc2)NC1. The largest absolute Gasteiger partial charge is 0.416 e. The molecule has 2 aromatic carbocycles. The summed E-state index contributed by atoms with van der Waals surface area (Å²) in [7, 11) is 3.21. The van der Waals surface area contributed by atoms with Crippen molar-refractivity contribution in [3.05, 3.63) is 70.8 Å². The molecule has 0 saturated carbocycles. The molecule has 1 amide bonds. The van der Waals surface area contributed by atoms with Crippen molar-refractivity contribution < 1.29 is 35.9 Å². The van der Waals surface area contributed by atoms with E-state index in [0.29, 0.717) is 25.0 Å². The van der Waals surface area contributed by atoms with E-state index in [-0.39, 0.29) is 30.7 Å². The number of piperidine rings is 1. The highest BCUT2D eigenvalue weighted by Gasteiger charge is 2.47. The number of halogens is 6. The second-order valence-corrected chi connectivity index (χ2v) is 9.01. The average Bonchev–Trinajstić information content (AvgIpc) is 2.86. The molecule has 5 nitrogen and oxygen atoms in total. The highest BCUT2D eigenvalue weighted by atomic mass is 19.4. The van der Waals surface area contributed by atoms with E-state index in [2.05, 4.69) is 16.0 Å². The van der Waals surface area contributed by atoms with Crippen LogP contribution in [0.3, 0.4) is 0 Å². The number of rotatable bonds is 7. The van der Waals surface area contributed by atoms with Gasteiger partial charge >= 0.3 is 12.4 Å². The van der Waals surface area contributed by atoms with Crippen LogP contribution < -0.4 is 16.0 Å². The number of hydrogen-bond donors (Lipinski definition) is 3. The molecule has 11 heteroatoms. The smallest absolute Gasteiger partial charge is 0.372 e. The van der Waals surface area contributed by atoms with E-state index in [9.17, 15) is 31.1 Å². The number of amides is 1. The van der Waals surface area contributed by atoms with Gasteiger partial charge in [-0.05, 0) is 56.1 Å². The van der Waals surface area contributed by atoms with Gasteiger partial charge in [0.25, 0.3) is 0 Å². The van der Waals surface area contributed by atoms with Crippen molar-refractivity contribution in [2.45, 2.75) is 49.3 Å². The molecule has 3 rings (SSSR count). The van der Waals surface area contributed by atoms with E-state index < -0.39 is 40.7 Å². The Morgan fingerprint density at radius 3 is 2.03 bits per heavy atom. The van der Waals surface area contributed by atoms with E-state index in [1.165, 1.54) is 14.0 Å². The molecule has 0 spiro atoms. The fourth-order valence-electron chi connectivity index (χ4n) is 4.47. The number of carbonyl (C=O) groups is 1. The third-order valence-corrected chi connectivity index (χ3v) is 6.83. The molecule has 0 aliphatic carbocycles. The van der Waals surface area contributed by atoms with Crippen LogP contribution >= 0.6 is 0 Å². The van der Waals surface area contributed by atoms with Gasteiger partial charge in [-0.1, -0.05) is 30.3 Å². The topological polar surface area (TPSA) is 62.4 Å². The third kappa shape index (κ3) is 5.84. The number of carbonyl (C=O) groups excluding carboxylic acids is 1. The Morgan fingerprint density at radius 2 is 1.58 bits per heavy atom. The summed E-state index contributed by atoms with van der Waals surface area (Å²) in [5, 5.41) is 9.08. The van der Waals surface area contributed by atoms with Gasteiger partial charge in [0.2, 0.25) is 5.91 Å². The monoisotopic (exact) mass is 517 g/mol. The van der Waals surface area contributed by atoms with E-state index >= 15 is 0 Å². The Kier molecular flexibility index (Phi) is 8.07. The lowest BCUT2D eigenvalue weighted by atomic mass is 9.76. The first-order valence-electron chi connectivity index (χ1n) is 11.4. The summed E-state index contributed by atoms with van der Waals surface area (Å²) >= 11 is 0. The maximum atomic E-state index is 13.3. The minimum absolute atomic E-state index is 0.0384. The molecule has 1 fully saturated rings. The lowest BCUT2D eigenvalue weighted by Crippen LogP contribution is -2.67. The molecule has 36 heavy (non-hydrogen) atoms. The number of ether oxygens (including phenoxy) is 1. The molecular formula is C25H29F6N3O2. The zero-order valence-corrected chi connectivity index (χ0v) is 20.1. The van der Waals surface area contributed by atoms with Gasteiger partial charge in [-0.25, -0.2) is 0 Å². The van der Waals surface area contributed by atoms with Gasteiger partial charge in [0.15, 0.2) is 0 Å². The Hall–Kier alpha value is -2.63. The molecule has 0 aromatic heterocycles. The molecule has 1 saturated heterocycles. The molecule has 2 aromatic rings. The maximum Gasteiger partial charge on any atom is 0.416 e. The van der Waals surface area contributed by atoms with Crippen LogP contribution in [0.15, 0.2) is 48.5 Å². The molecule has 0 bridgehead atoms. The third-order valence-electron chi connectivity index (χ3n) is 6.83. The molecule has 1 aliphatic rings. The minimum Gasteiger partial charge on any atom is -0.372 e. The van der Waals surface area contributed by atoms with Crippen LogP contribution in [-0.4, -0.2) is 38.7 Å². The minimum atomic E-state index is -4.94. The van der Waals surface area contributed by atoms with Gasteiger partial charge < -0.3 is 20.7 Å². The number of alkyl halides is 6. The standard InChI is InChI=1S/C25H29F6N3O2/c1-16(17-11-19(24(26,27)28)13-20(12-17)25(29,30)31)36-15-23(18-7-5-4-6-8-18)10-9-22(33-3,14-34-23)21(35)32-2/h4-8,11-13,16,33-34H,9-10,14-15H2,1-3H3,(H,32,35)/t16-,22?,23-/m1/s1. The first-order valence-corrected chi connectivity index (χ1v) is 11.4. The summed E-state index contributed by atoms with van der Waals surface area (Å²) in [5.74, 6) is -0.197. The van der Waals surface area contributed by atoms with Crippen molar-refractivity contribution in [1.82, 2.24) is 16.0 Å². The van der Waals surface area contributed by atoms with Crippen molar-refractivity contribution in [1.29, 1.82) is 0 Å². The quantitative estimate of drug-likeness (QED) is 0.463. The molecule has 1 unspecified atom stereocenters. The van der Waals surface area contributed by atoms with Crippen molar-refractivity contribution in [3.8, 4) is 0 Å². The molecule has 0 radical (unpaired) electrons. The molecule has 3 atom stereocenters. The van der Waals surface area contributed by atoms with Crippen LogP contribution in [0.5, 0.6) is 0 Å². The van der Waals surface area contributed by atoms with Crippen molar-refractivity contribution in [3.63, 3.8) is 0 Å². The van der Waals surface area contributed by atoms with E-state index in [4.69, 9.17) is 4.74 Å². The molecule has 3 N–H and O–H groups in total. The Labute approximate surface area is 205 Å². The summed E-state index contributed by atoms with van der Waals surface area (Å²) in [6.07, 6.45) is -10.1. The van der Waals surface area contributed by atoms with E-state index in [1.807, 2.05) is 30.3 Å². The number of hydrogen-bond acceptors (Lipinski definition) is 4. The van der Waals surface area contributed by atoms with Gasteiger partial charge in [0.1, 0.15) is 5.54 Å². The first kappa shape index (κ1) is 27.9. The molecular weight excluding hydrogens is 488 g/mol. The number of likely N-dealkylation sites (N-methyl/N-ethyl adjacent to an activating group) is 2. The van der Waals surface area contributed by atoms with Gasteiger partial charge in [-0.2, -0.15) is 26.3 Å². The van der Waals surface area contributed by atoms with Gasteiger partial charge in [0.05, 0.1) is 29.4 Å². The predicted molar refractivity (Wildman–Crippen MR) is 122 cm³/mol. The average molecular weight is 518 g/mol.